The summed E-state index contributed by atoms with van der Waals surface area (Å²) >= 11 is 0. The summed E-state index contributed by atoms with van der Waals surface area (Å²) < 4.78 is 0. The Labute approximate surface area is 108 Å². The van der Waals surface area contributed by atoms with E-state index in [1.165, 1.54) is 25.8 Å². The van der Waals surface area contributed by atoms with Crippen molar-refractivity contribution < 1.29 is 4.79 Å². The van der Waals surface area contributed by atoms with Crippen LogP contribution >= 0.6 is 0 Å². The first kappa shape index (κ1) is 13.1. The number of aromatic amines is 1. The lowest BCUT2D eigenvalue weighted by Crippen LogP contribution is -2.39. The van der Waals surface area contributed by atoms with E-state index in [0.29, 0.717) is 11.7 Å². The quantitative estimate of drug-likeness (QED) is 0.777. The van der Waals surface area contributed by atoms with Crippen LogP contribution in [0.2, 0.25) is 0 Å². The Morgan fingerprint density at radius 2 is 2.50 bits per heavy atom. The SMILES string of the molecule is C[C@@H]1CCCCN1CCCNC(=O)c1ccn[nH]1. The first-order chi connectivity index (χ1) is 8.77. The molecule has 2 heterocycles. The topological polar surface area (TPSA) is 61.0 Å². The highest BCUT2D eigenvalue weighted by molar-refractivity contribution is 5.91. The first-order valence-electron chi connectivity index (χ1n) is 6.79. The zero-order valence-electron chi connectivity index (χ0n) is 11.0. The molecule has 0 radical (unpaired) electrons. The second-order valence-corrected chi connectivity index (χ2v) is 4.96. The lowest BCUT2D eigenvalue weighted by molar-refractivity contribution is 0.0944. The van der Waals surface area contributed by atoms with E-state index < -0.39 is 0 Å². The number of likely N-dealkylation sites (tertiary alicyclic amines) is 1. The largest absolute Gasteiger partial charge is 0.351 e. The standard InChI is InChI=1S/C13H22N4O/c1-11-5-2-3-9-17(11)10-4-7-14-13(18)12-6-8-15-16-12/h6,8,11H,2-5,7,9-10H2,1H3,(H,14,18)(H,15,16)/t11-/m1/s1. The molecule has 0 bridgehead atoms. The molecule has 0 aromatic carbocycles. The van der Waals surface area contributed by atoms with Crippen molar-refractivity contribution in [3.05, 3.63) is 18.0 Å². The van der Waals surface area contributed by atoms with Crippen molar-refractivity contribution in [2.45, 2.75) is 38.6 Å². The maximum atomic E-state index is 11.6. The van der Waals surface area contributed by atoms with Gasteiger partial charge in [0, 0.05) is 25.3 Å². The van der Waals surface area contributed by atoms with Crippen LogP contribution in [0.3, 0.4) is 0 Å². The summed E-state index contributed by atoms with van der Waals surface area (Å²) in [6.45, 7) is 5.30. The predicted octanol–water partition coefficient (Wildman–Crippen LogP) is 1.40. The molecule has 100 valence electrons. The molecule has 1 aliphatic rings. The molecule has 0 aliphatic carbocycles. The van der Waals surface area contributed by atoms with Crippen molar-refractivity contribution in [2.24, 2.45) is 0 Å². The van der Waals surface area contributed by atoms with E-state index in [0.717, 1.165) is 19.5 Å². The number of aromatic nitrogens is 2. The van der Waals surface area contributed by atoms with E-state index in [2.05, 4.69) is 27.3 Å². The number of H-pyrrole nitrogens is 1. The molecule has 18 heavy (non-hydrogen) atoms. The highest BCUT2D eigenvalue weighted by Gasteiger charge is 2.17. The van der Waals surface area contributed by atoms with Crippen LogP contribution in [0.4, 0.5) is 0 Å². The summed E-state index contributed by atoms with van der Waals surface area (Å²) in [6.07, 6.45) is 6.56. The van der Waals surface area contributed by atoms with Gasteiger partial charge in [0.1, 0.15) is 5.69 Å². The Bertz CT molecular complexity index is 363. The van der Waals surface area contributed by atoms with E-state index in [9.17, 15) is 4.79 Å². The van der Waals surface area contributed by atoms with Gasteiger partial charge in [-0.05, 0) is 38.8 Å². The third-order valence-electron chi connectivity index (χ3n) is 3.59. The van der Waals surface area contributed by atoms with Crippen molar-refractivity contribution in [1.82, 2.24) is 20.4 Å². The van der Waals surface area contributed by atoms with Gasteiger partial charge in [0.05, 0.1) is 0 Å². The van der Waals surface area contributed by atoms with Crippen LogP contribution in [0.1, 0.15) is 43.1 Å². The number of hydrogen-bond acceptors (Lipinski definition) is 3. The number of rotatable bonds is 5. The van der Waals surface area contributed by atoms with Gasteiger partial charge in [0.15, 0.2) is 0 Å². The Balaban J connectivity index is 1.62. The molecule has 2 N–H and O–H groups in total. The van der Waals surface area contributed by atoms with Gasteiger partial charge >= 0.3 is 0 Å². The molecular formula is C13H22N4O. The minimum absolute atomic E-state index is 0.0702. The molecule has 0 saturated carbocycles. The van der Waals surface area contributed by atoms with Crippen LogP contribution in [0.15, 0.2) is 12.3 Å². The molecular weight excluding hydrogens is 228 g/mol. The van der Waals surface area contributed by atoms with Crippen molar-refractivity contribution in [3.8, 4) is 0 Å². The molecule has 1 aromatic rings. The Kier molecular flexibility index (Phi) is 4.75. The van der Waals surface area contributed by atoms with Gasteiger partial charge in [-0.15, -0.1) is 0 Å². The Hall–Kier alpha value is -1.36. The molecule has 2 rings (SSSR count). The van der Waals surface area contributed by atoms with E-state index in [1.54, 1.807) is 12.3 Å². The van der Waals surface area contributed by atoms with Gasteiger partial charge in [0.2, 0.25) is 0 Å². The van der Waals surface area contributed by atoms with Gasteiger partial charge in [-0.3, -0.25) is 9.89 Å². The van der Waals surface area contributed by atoms with Crippen LogP contribution in [-0.2, 0) is 0 Å². The number of carbonyl (C=O) groups excluding carboxylic acids is 1. The highest BCUT2D eigenvalue weighted by Crippen LogP contribution is 2.15. The van der Waals surface area contributed by atoms with Crippen molar-refractivity contribution >= 4 is 5.91 Å². The molecule has 0 spiro atoms. The summed E-state index contributed by atoms with van der Waals surface area (Å²) in [5, 5.41) is 9.33. The van der Waals surface area contributed by atoms with E-state index in [-0.39, 0.29) is 5.91 Å². The first-order valence-corrected chi connectivity index (χ1v) is 6.79. The van der Waals surface area contributed by atoms with Crippen molar-refractivity contribution in [1.29, 1.82) is 0 Å². The van der Waals surface area contributed by atoms with Crippen molar-refractivity contribution in [3.63, 3.8) is 0 Å². The molecule has 1 saturated heterocycles. The molecule has 1 amide bonds. The third-order valence-corrected chi connectivity index (χ3v) is 3.59. The molecule has 1 aromatic heterocycles. The number of piperidine rings is 1. The fourth-order valence-corrected chi connectivity index (χ4v) is 2.45. The molecule has 0 unspecified atom stereocenters. The van der Waals surface area contributed by atoms with E-state index in [1.807, 2.05) is 0 Å². The minimum Gasteiger partial charge on any atom is -0.351 e. The summed E-state index contributed by atoms with van der Waals surface area (Å²) in [5.74, 6) is -0.0702. The summed E-state index contributed by atoms with van der Waals surface area (Å²) in [4.78, 5) is 14.1. The molecule has 5 heteroatoms. The Morgan fingerprint density at radius 3 is 3.22 bits per heavy atom. The molecule has 1 aliphatic heterocycles. The minimum atomic E-state index is -0.0702. The highest BCUT2D eigenvalue weighted by atomic mass is 16.1. The summed E-state index contributed by atoms with van der Waals surface area (Å²) in [7, 11) is 0. The number of nitrogens with one attached hydrogen (secondary N) is 2. The molecule has 1 atom stereocenters. The molecule has 1 fully saturated rings. The lowest BCUT2D eigenvalue weighted by atomic mass is 10.0. The average molecular weight is 250 g/mol. The zero-order chi connectivity index (χ0) is 12.8. The van der Waals surface area contributed by atoms with Gasteiger partial charge in [-0.2, -0.15) is 5.10 Å². The predicted molar refractivity (Wildman–Crippen MR) is 70.4 cm³/mol. The lowest BCUT2D eigenvalue weighted by Gasteiger charge is -2.33. The summed E-state index contributed by atoms with van der Waals surface area (Å²) in [5.41, 5.74) is 0.529. The van der Waals surface area contributed by atoms with Crippen LogP contribution in [0, 0.1) is 0 Å². The third kappa shape index (κ3) is 3.57. The normalized spacial score (nSPS) is 20.8. The fourth-order valence-electron chi connectivity index (χ4n) is 2.45. The zero-order valence-corrected chi connectivity index (χ0v) is 11.0. The fraction of sp³-hybridized carbons (Fsp3) is 0.692. The molecule has 5 nitrogen and oxygen atoms in total. The number of carbonyl (C=O) groups is 1. The maximum absolute atomic E-state index is 11.6. The van der Waals surface area contributed by atoms with Crippen LogP contribution in [-0.4, -0.2) is 46.7 Å². The smallest absolute Gasteiger partial charge is 0.269 e. The van der Waals surface area contributed by atoms with Crippen LogP contribution in [0.5, 0.6) is 0 Å². The van der Waals surface area contributed by atoms with Gasteiger partial charge < -0.3 is 10.2 Å². The van der Waals surface area contributed by atoms with Gasteiger partial charge in [-0.1, -0.05) is 6.42 Å². The van der Waals surface area contributed by atoms with Crippen LogP contribution < -0.4 is 5.32 Å². The monoisotopic (exact) mass is 250 g/mol. The number of hydrogen-bond donors (Lipinski definition) is 2. The van der Waals surface area contributed by atoms with Gasteiger partial charge in [-0.25, -0.2) is 0 Å². The average Bonchev–Trinajstić information content (AvgIpc) is 2.90. The van der Waals surface area contributed by atoms with Crippen molar-refractivity contribution in [2.75, 3.05) is 19.6 Å². The Morgan fingerprint density at radius 1 is 1.61 bits per heavy atom. The summed E-state index contributed by atoms with van der Waals surface area (Å²) in [6, 6.07) is 2.38. The second kappa shape index (κ2) is 6.54. The second-order valence-electron chi connectivity index (χ2n) is 4.96. The van der Waals surface area contributed by atoms with E-state index in [4.69, 9.17) is 0 Å². The van der Waals surface area contributed by atoms with E-state index >= 15 is 0 Å². The van der Waals surface area contributed by atoms with Gasteiger partial charge in [0.25, 0.3) is 5.91 Å². The van der Waals surface area contributed by atoms with Crippen LogP contribution in [0.25, 0.3) is 0 Å². The number of amides is 1. The number of nitrogens with zero attached hydrogens (tertiary/aromatic N) is 2. The maximum Gasteiger partial charge on any atom is 0.269 e.